The fourth-order valence-electron chi connectivity index (χ4n) is 3.17. The van der Waals surface area contributed by atoms with E-state index in [9.17, 15) is 9.59 Å². The van der Waals surface area contributed by atoms with Gasteiger partial charge in [-0.25, -0.2) is 0 Å². The van der Waals surface area contributed by atoms with Crippen LogP contribution < -0.4 is 4.74 Å². The van der Waals surface area contributed by atoms with Crippen molar-refractivity contribution in [3.63, 3.8) is 0 Å². The summed E-state index contributed by atoms with van der Waals surface area (Å²) in [5, 5.41) is 8.75. The normalized spacial score (nSPS) is 10.4. The lowest BCUT2D eigenvalue weighted by Crippen LogP contribution is -2.07. The smallest absolute Gasteiger partial charge is 0.311 e. The number of unbranched alkanes of at least 4 members (excludes halogenated alkanes) is 10. The van der Waals surface area contributed by atoms with Crippen molar-refractivity contribution in [2.75, 3.05) is 6.61 Å². The van der Waals surface area contributed by atoms with E-state index in [4.69, 9.17) is 14.7 Å². The Kier molecular flexibility index (Phi) is 15.0. The molecule has 1 rings (SSSR count). The number of nitriles is 1. The number of ether oxygens (including phenoxy) is 2. The van der Waals surface area contributed by atoms with Crippen molar-refractivity contribution in [2.45, 2.75) is 96.8 Å². The van der Waals surface area contributed by atoms with Gasteiger partial charge in [0.25, 0.3) is 0 Å². The number of carbonyl (C=O) groups excluding carboxylic acids is 2. The average molecular weight is 416 g/mol. The van der Waals surface area contributed by atoms with Crippen LogP contribution in [0.4, 0.5) is 0 Å². The number of esters is 2. The molecule has 0 aliphatic carbocycles. The first-order valence-corrected chi connectivity index (χ1v) is 11.5. The average Bonchev–Trinajstić information content (AvgIpc) is 2.75. The number of hydrogen-bond donors (Lipinski definition) is 0. The molecule has 0 saturated carbocycles. The summed E-state index contributed by atoms with van der Waals surface area (Å²) in [6, 6.07) is 8.56. The molecule has 0 fully saturated rings. The van der Waals surface area contributed by atoms with Crippen molar-refractivity contribution < 1.29 is 19.1 Å². The van der Waals surface area contributed by atoms with Gasteiger partial charge < -0.3 is 9.47 Å². The minimum absolute atomic E-state index is 0.0749. The van der Waals surface area contributed by atoms with E-state index in [1.54, 1.807) is 24.3 Å². The summed E-state index contributed by atoms with van der Waals surface area (Å²) in [5.41, 5.74) is 0.542. The molecule has 0 unspecified atom stereocenters. The van der Waals surface area contributed by atoms with Crippen molar-refractivity contribution in [1.29, 1.82) is 5.26 Å². The lowest BCUT2D eigenvalue weighted by atomic mass is 10.1. The Bertz CT molecular complexity index is 634. The fraction of sp³-hybridized carbons (Fsp3) is 0.640. The summed E-state index contributed by atoms with van der Waals surface area (Å²) >= 11 is 0. The number of hydrogen-bond acceptors (Lipinski definition) is 5. The van der Waals surface area contributed by atoms with Gasteiger partial charge in [-0.05, 0) is 43.5 Å². The third-order valence-electron chi connectivity index (χ3n) is 4.99. The molecule has 0 aromatic heterocycles. The van der Waals surface area contributed by atoms with Crippen molar-refractivity contribution in [1.82, 2.24) is 0 Å². The zero-order valence-electron chi connectivity index (χ0n) is 18.5. The highest BCUT2D eigenvalue weighted by atomic mass is 16.5. The summed E-state index contributed by atoms with van der Waals surface area (Å²) in [6.45, 7) is 2.77. The van der Waals surface area contributed by atoms with Crippen LogP contribution in [0.5, 0.6) is 5.75 Å². The molecule has 0 atom stereocenters. The third-order valence-corrected chi connectivity index (χ3v) is 4.99. The first-order chi connectivity index (χ1) is 14.7. The fourth-order valence-corrected chi connectivity index (χ4v) is 3.17. The standard InChI is InChI=1S/C25H37NO4/c1-2-3-4-5-10-13-20-29-24(27)14-11-8-6-7-9-12-15-25(28)30-23-18-16-22(21-26)17-19-23/h16-19H,2-15,20H2,1H3. The van der Waals surface area contributed by atoms with Crippen LogP contribution in [0, 0.1) is 11.3 Å². The molecular formula is C25H37NO4. The molecule has 0 amide bonds. The highest BCUT2D eigenvalue weighted by Gasteiger charge is 2.05. The van der Waals surface area contributed by atoms with E-state index >= 15 is 0 Å². The molecule has 166 valence electrons. The minimum atomic E-state index is -0.243. The summed E-state index contributed by atoms with van der Waals surface area (Å²) in [5.74, 6) is 0.157. The van der Waals surface area contributed by atoms with Crippen molar-refractivity contribution in [3.8, 4) is 11.8 Å². The molecular weight excluding hydrogens is 378 g/mol. The van der Waals surface area contributed by atoms with E-state index in [0.717, 1.165) is 51.4 Å². The van der Waals surface area contributed by atoms with E-state index in [0.29, 0.717) is 30.8 Å². The van der Waals surface area contributed by atoms with Gasteiger partial charge in [0.15, 0.2) is 0 Å². The van der Waals surface area contributed by atoms with Crippen LogP contribution in [0.3, 0.4) is 0 Å². The SMILES string of the molecule is CCCCCCCCOC(=O)CCCCCCCCC(=O)Oc1ccc(C#N)cc1. The predicted octanol–water partition coefficient (Wildman–Crippen LogP) is 6.49. The zero-order chi connectivity index (χ0) is 21.9. The Morgan fingerprint density at radius 3 is 1.90 bits per heavy atom. The van der Waals surface area contributed by atoms with E-state index in [-0.39, 0.29) is 11.9 Å². The van der Waals surface area contributed by atoms with Crippen LogP contribution in [0.1, 0.15) is 102 Å². The van der Waals surface area contributed by atoms with Crippen LogP contribution >= 0.6 is 0 Å². The van der Waals surface area contributed by atoms with Gasteiger partial charge in [-0.2, -0.15) is 5.26 Å². The molecule has 1 aromatic rings. The Morgan fingerprint density at radius 2 is 1.30 bits per heavy atom. The molecule has 0 saturated heterocycles. The van der Waals surface area contributed by atoms with E-state index in [1.165, 1.54) is 25.7 Å². The van der Waals surface area contributed by atoms with Gasteiger partial charge in [0, 0.05) is 12.8 Å². The van der Waals surface area contributed by atoms with Crippen LogP contribution in [0.25, 0.3) is 0 Å². The van der Waals surface area contributed by atoms with Crippen LogP contribution in [-0.4, -0.2) is 18.5 Å². The van der Waals surface area contributed by atoms with Gasteiger partial charge in [-0.3, -0.25) is 9.59 Å². The Hall–Kier alpha value is -2.35. The number of benzene rings is 1. The van der Waals surface area contributed by atoms with E-state index < -0.39 is 0 Å². The van der Waals surface area contributed by atoms with Crippen molar-refractivity contribution in [3.05, 3.63) is 29.8 Å². The molecule has 0 heterocycles. The molecule has 5 heteroatoms. The van der Waals surface area contributed by atoms with Gasteiger partial charge >= 0.3 is 11.9 Å². The first-order valence-electron chi connectivity index (χ1n) is 11.5. The second-order valence-electron chi connectivity index (χ2n) is 7.72. The quantitative estimate of drug-likeness (QED) is 0.165. The monoisotopic (exact) mass is 415 g/mol. The van der Waals surface area contributed by atoms with Crippen LogP contribution in [-0.2, 0) is 14.3 Å². The van der Waals surface area contributed by atoms with Gasteiger partial charge in [0.1, 0.15) is 5.75 Å². The van der Waals surface area contributed by atoms with Gasteiger partial charge in [0.05, 0.1) is 18.2 Å². The van der Waals surface area contributed by atoms with Crippen LogP contribution in [0.15, 0.2) is 24.3 Å². The van der Waals surface area contributed by atoms with Gasteiger partial charge in [-0.1, -0.05) is 64.7 Å². The second-order valence-corrected chi connectivity index (χ2v) is 7.72. The highest BCUT2D eigenvalue weighted by Crippen LogP contribution is 2.14. The molecule has 5 nitrogen and oxygen atoms in total. The molecule has 0 spiro atoms. The maximum absolute atomic E-state index is 11.8. The van der Waals surface area contributed by atoms with Gasteiger partial charge in [0.2, 0.25) is 0 Å². The molecule has 30 heavy (non-hydrogen) atoms. The lowest BCUT2D eigenvalue weighted by molar-refractivity contribution is -0.144. The number of carbonyl (C=O) groups is 2. The zero-order valence-corrected chi connectivity index (χ0v) is 18.5. The topological polar surface area (TPSA) is 76.4 Å². The lowest BCUT2D eigenvalue weighted by Gasteiger charge is -2.06. The minimum Gasteiger partial charge on any atom is -0.466 e. The van der Waals surface area contributed by atoms with E-state index in [2.05, 4.69) is 6.92 Å². The Morgan fingerprint density at radius 1 is 0.767 bits per heavy atom. The molecule has 1 aromatic carbocycles. The first kappa shape index (κ1) is 25.7. The molecule has 0 radical (unpaired) electrons. The molecule has 0 N–H and O–H groups in total. The Balaban J connectivity index is 1.90. The van der Waals surface area contributed by atoms with Crippen LogP contribution in [0.2, 0.25) is 0 Å². The second kappa shape index (κ2) is 17.5. The molecule has 0 aliphatic heterocycles. The maximum Gasteiger partial charge on any atom is 0.311 e. The Labute approximate surface area is 181 Å². The summed E-state index contributed by atoms with van der Waals surface area (Å²) in [7, 11) is 0. The van der Waals surface area contributed by atoms with Crippen molar-refractivity contribution in [2.24, 2.45) is 0 Å². The summed E-state index contributed by atoms with van der Waals surface area (Å²) in [4.78, 5) is 23.5. The number of rotatable bonds is 17. The summed E-state index contributed by atoms with van der Waals surface area (Å²) < 4.78 is 10.5. The maximum atomic E-state index is 11.8. The van der Waals surface area contributed by atoms with Gasteiger partial charge in [-0.15, -0.1) is 0 Å². The van der Waals surface area contributed by atoms with E-state index in [1.807, 2.05) is 6.07 Å². The third kappa shape index (κ3) is 13.8. The molecule has 0 bridgehead atoms. The predicted molar refractivity (Wildman–Crippen MR) is 118 cm³/mol. The largest absolute Gasteiger partial charge is 0.466 e. The van der Waals surface area contributed by atoms with Crippen molar-refractivity contribution >= 4 is 11.9 Å². The number of nitrogens with zero attached hydrogens (tertiary/aromatic N) is 1. The summed E-state index contributed by atoms with van der Waals surface area (Å²) in [6.07, 6.45) is 13.9. The highest BCUT2D eigenvalue weighted by molar-refractivity contribution is 5.72. The molecule has 0 aliphatic rings.